The average molecular weight is 348 g/mol. The Hall–Kier alpha value is -3.15. The number of rotatable bonds is 5. The van der Waals surface area contributed by atoms with E-state index in [9.17, 15) is 0 Å². The van der Waals surface area contributed by atoms with Crippen LogP contribution in [0.4, 0.5) is 0 Å². The van der Waals surface area contributed by atoms with Crippen LogP contribution in [0.1, 0.15) is 30.6 Å². The molecule has 0 fully saturated rings. The monoisotopic (exact) mass is 348 g/mol. The van der Waals surface area contributed by atoms with Gasteiger partial charge in [-0.05, 0) is 38.5 Å². The highest BCUT2D eigenvalue weighted by Crippen LogP contribution is 2.30. The lowest BCUT2D eigenvalue weighted by molar-refractivity contribution is 0.503. The van der Waals surface area contributed by atoms with E-state index in [4.69, 9.17) is 8.83 Å². The number of hydrogen-bond donors (Lipinski definition) is 0. The Balaban J connectivity index is 1.77. The van der Waals surface area contributed by atoms with E-state index in [-0.39, 0.29) is 0 Å². The number of furan rings is 1. The largest absolute Gasteiger partial charge is 0.466 e. The minimum absolute atomic E-state index is 0.462. The van der Waals surface area contributed by atoms with E-state index in [2.05, 4.69) is 22.2 Å². The Morgan fingerprint density at radius 1 is 0.962 bits per heavy atom. The third-order valence-electron chi connectivity index (χ3n) is 4.28. The van der Waals surface area contributed by atoms with E-state index < -0.39 is 0 Å². The quantitative estimate of drug-likeness (QED) is 0.520. The summed E-state index contributed by atoms with van der Waals surface area (Å²) in [6.07, 6.45) is 3.65. The van der Waals surface area contributed by atoms with Gasteiger partial charge in [-0.25, -0.2) is 4.68 Å². The first-order valence-electron chi connectivity index (χ1n) is 8.71. The molecule has 0 saturated carbocycles. The fourth-order valence-corrected chi connectivity index (χ4v) is 3.11. The van der Waals surface area contributed by atoms with Gasteiger partial charge < -0.3 is 8.83 Å². The molecule has 0 spiro atoms. The highest BCUT2D eigenvalue weighted by molar-refractivity contribution is 5.61. The van der Waals surface area contributed by atoms with Crippen molar-refractivity contribution in [1.29, 1.82) is 0 Å². The molecule has 0 bridgehead atoms. The molecule has 0 radical (unpaired) electrons. The van der Waals surface area contributed by atoms with Gasteiger partial charge in [0, 0.05) is 0 Å². The van der Waals surface area contributed by atoms with Crippen molar-refractivity contribution < 1.29 is 8.83 Å². The molecule has 1 aromatic carbocycles. The molecule has 26 heavy (non-hydrogen) atoms. The van der Waals surface area contributed by atoms with E-state index in [0.29, 0.717) is 11.8 Å². The maximum absolute atomic E-state index is 5.95. The van der Waals surface area contributed by atoms with Crippen molar-refractivity contribution in [3.05, 3.63) is 59.8 Å². The van der Waals surface area contributed by atoms with Crippen molar-refractivity contribution in [2.45, 2.75) is 33.6 Å². The van der Waals surface area contributed by atoms with E-state index in [1.807, 2.05) is 54.9 Å². The molecule has 0 saturated heterocycles. The van der Waals surface area contributed by atoms with Crippen LogP contribution in [0.2, 0.25) is 0 Å². The van der Waals surface area contributed by atoms with Crippen LogP contribution in [0.25, 0.3) is 28.6 Å². The molecular weight excluding hydrogens is 328 g/mol. The van der Waals surface area contributed by atoms with Gasteiger partial charge in [0.1, 0.15) is 11.5 Å². The van der Waals surface area contributed by atoms with Crippen molar-refractivity contribution in [2.75, 3.05) is 0 Å². The zero-order valence-electron chi connectivity index (χ0n) is 15.1. The molecule has 4 aromatic rings. The van der Waals surface area contributed by atoms with Crippen LogP contribution in [0.5, 0.6) is 0 Å². The summed E-state index contributed by atoms with van der Waals surface area (Å²) in [6, 6.07) is 12.0. The lowest BCUT2D eigenvalue weighted by Crippen LogP contribution is -2.02. The minimum atomic E-state index is 0.462. The maximum Gasteiger partial charge on any atom is 0.251 e. The molecule has 0 amide bonds. The summed E-state index contributed by atoms with van der Waals surface area (Å²) < 4.78 is 13.5. The summed E-state index contributed by atoms with van der Waals surface area (Å²) in [7, 11) is 0. The second-order valence-corrected chi connectivity index (χ2v) is 6.24. The number of benzene rings is 1. The van der Waals surface area contributed by atoms with Gasteiger partial charge in [-0.3, -0.25) is 0 Å². The fraction of sp³-hybridized carbons (Fsp3) is 0.250. The third-order valence-corrected chi connectivity index (χ3v) is 4.28. The van der Waals surface area contributed by atoms with Crippen molar-refractivity contribution in [2.24, 2.45) is 0 Å². The Bertz CT molecular complexity index is 1030. The molecule has 3 aromatic heterocycles. The van der Waals surface area contributed by atoms with Crippen molar-refractivity contribution in [3.63, 3.8) is 0 Å². The molecule has 132 valence electrons. The Labute approximate surface area is 151 Å². The van der Waals surface area contributed by atoms with Crippen molar-refractivity contribution in [1.82, 2.24) is 20.0 Å². The van der Waals surface area contributed by atoms with Gasteiger partial charge in [-0.2, -0.15) is 5.10 Å². The van der Waals surface area contributed by atoms with Crippen LogP contribution < -0.4 is 0 Å². The molecule has 0 N–H and O–H groups in total. The smallest absolute Gasteiger partial charge is 0.251 e. The van der Waals surface area contributed by atoms with Gasteiger partial charge in [0.2, 0.25) is 0 Å². The summed E-state index contributed by atoms with van der Waals surface area (Å²) in [5.41, 5.74) is 3.78. The third kappa shape index (κ3) is 2.83. The van der Waals surface area contributed by atoms with Crippen LogP contribution >= 0.6 is 0 Å². The Morgan fingerprint density at radius 2 is 1.69 bits per heavy atom. The molecule has 0 aliphatic carbocycles. The summed E-state index contributed by atoms with van der Waals surface area (Å²) in [5, 5.41) is 13.0. The predicted octanol–water partition coefficient (Wildman–Crippen LogP) is 4.75. The van der Waals surface area contributed by atoms with E-state index in [0.717, 1.165) is 46.9 Å². The number of para-hydroxylation sites is 1. The second kappa shape index (κ2) is 6.63. The van der Waals surface area contributed by atoms with Crippen LogP contribution in [0, 0.1) is 13.8 Å². The SMILES string of the molecule is CCCc1c(-c2nnc(-c3cc(C)oc3C)o2)cnn1-c1ccccc1. The van der Waals surface area contributed by atoms with Gasteiger partial charge >= 0.3 is 0 Å². The molecular formula is C20H20N4O2. The van der Waals surface area contributed by atoms with Crippen LogP contribution in [-0.4, -0.2) is 20.0 Å². The van der Waals surface area contributed by atoms with Crippen LogP contribution in [-0.2, 0) is 6.42 Å². The number of aromatic nitrogens is 4. The van der Waals surface area contributed by atoms with Gasteiger partial charge in [0.15, 0.2) is 0 Å². The number of aryl methyl sites for hydroxylation is 2. The van der Waals surface area contributed by atoms with E-state index in [1.165, 1.54) is 0 Å². The van der Waals surface area contributed by atoms with Gasteiger partial charge in [-0.15, -0.1) is 10.2 Å². The molecule has 0 atom stereocenters. The fourth-order valence-electron chi connectivity index (χ4n) is 3.11. The van der Waals surface area contributed by atoms with Crippen LogP contribution in [0.15, 0.2) is 51.4 Å². The Morgan fingerprint density at radius 3 is 2.35 bits per heavy atom. The summed E-state index contributed by atoms with van der Waals surface area (Å²) >= 11 is 0. The standard InChI is InChI=1S/C20H20N4O2/c1-4-8-18-17(12-21-24(18)15-9-6-5-7-10-15)20-23-22-19(26-20)16-11-13(2)25-14(16)3/h5-7,9-12H,4,8H2,1-3H3. The summed E-state index contributed by atoms with van der Waals surface area (Å²) in [6.45, 7) is 5.93. The first-order valence-corrected chi connectivity index (χ1v) is 8.71. The normalized spacial score (nSPS) is 11.2. The zero-order valence-corrected chi connectivity index (χ0v) is 15.1. The number of hydrogen-bond acceptors (Lipinski definition) is 5. The molecule has 6 nitrogen and oxygen atoms in total. The van der Waals surface area contributed by atoms with E-state index >= 15 is 0 Å². The molecule has 0 unspecified atom stereocenters. The molecule has 6 heteroatoms. The summed E-state index contributed by atoms with van der Waals surface area (Å²) in [5.74, 6) is 2.53. The van der Waals surface area contributed by atoms with Gasteiger partial charge in [0.05, 0.1) is 28.7 Å². The second-order valence-electron chi connectivity index (χ2n) is 6.24. The first kappa shape index (κ1) is 16.3. The molecule has 0 aliphatic heterocycles. The molecule has 3 heterocycles. The Kier molecular flexibility index (Phi) is 4.16. The zero-order chi connectivity index (χ0) is 18.1. The lowest BCUT2D eigenvalue weighted by Gasteiger charge is -2.07. The van der Waals surface area contributed by atoms with Crippen molar-refractivity contribution in [3.8, 4) is 28.6 Å². The maximum atomic E-state index is 5.95. The highest BCUT2D eigenvalue weighted by Gasteiger charge is 2.20. The van der Waals surface area contributed by atoms with Crippen molar-refractivity contribution >= 4 is 0 Å². The van der Waals surface area contributed by atoms with Crippen LogP contribution in [0.3, 0.4) is 0 Å². The first-order chi connectivity index (χ1) is 12.7. The highest BCUT2D eigenvalue weighted by atomic mass is 16.4. The predicted molar refractivity (Wildman–Crippen MR) is 98.0 cm³/mol. The van der Waals surface area contributed by atoms with E-state index in [1.54, 1.807) is 6.20 Å². The minimum Gasteiger partial charge on any atom is -0.466 e. The van der Waals surface area contributed by atoms with Gasteiger partial charge in [-0.1, -0.05) is 31.5 Å². The molecule has 4 rings (SSSR count). The lowest BCUT2D eigenvalue weighted by atomic mass is 10.1. The number of nitrogens with zero attached hydrogens (tertiary/aromatic N) is 4. The summed E-state index contributed by atoms with van der Waals surface area (Å²) in [4.78, 5) is 0. The van der Waals surface area contributed by atoms with Gasteiger partial charge in [0.25, 0.3) is 11.8 Å². The average Bonchev–Trinajstić information content (AvgIpc) is 3.34. The topological polar surface area (TPSA) is 69.9 Å². The molecule has 0 aliphatic rings.